The molecule has 4 rings (SSSR count). The van der Waals surface area contributed by atoms with Crippen LogP contribution in [0.1, 0.15) is 51.3 Å². The van der Waals surface area contributed by atoms with Crippen LogP contribution >= 0.6 is 0 Å². The van der Waals surface area contributed by atoms with E-state index in [-0.39, 0.29) is 52.6 Å². The average Bonchev–Trinajstić information content (AvgIpc) is 3.25. The summed E-state index contributed by atoms with van der Waals surface area (Å²) < 4.78 is 66.4. The number of hydrogen-bond donors (Lipinski definition) is 2. The van der Waals surface area contributed by atoms with Crippen LogP contribution < -0.4 is 19.7 Å². The molecule has 1 aromatic heterocycles. The molecule has 2 N–H and O–H groups in total. The summed E-state index contributed by atoms with van der Waals surface area (Å²) in [6.07, 6.45) is 3.85. The molecule has 11 nitrogen and oxygen atoms in total. The molecule has 0 spiro atoms. The van der Waals surface area contributed by atoms with E-state index >= 15 is 0 Å². The number of ether oxygens (including phenoxy) is 2. The Morgan fingerprint density at radius 2 is 1.97 bits per heavy atom. The highest BCUT2D eigenvalue weighted by Gasteiger charge is 2.37. The third-order valence-electron chi connectivity index (χ3n) is 6.18. The van der Waals surface area contributed by atoms with E-state index in [1.54, 1.807) is 0 Å². The van der Waals surface area contributed by atoms with Crippen molar-refractivity contribution in [1.82, 2.24) is 15.1 Å². The first-order valence-corrected chi connectivity index (χ1v) is 13.4. The number of aromatic nitrogens is 2. The lowest BCUT2D eigenvalue weighted by Gasteiger charge is -2.35. The van der Waals surface area contributed by atoms with Gasteiger partial charge in [-0.3, -0.25) is 14.4 Å². The fourth-order valence-corrected chi connectivity index (χ4v) is 6.06. The molecule has 37 heavy (non-hydrogen) atoms. The van der Waals surface area contributed by atoms with Crippen LogP contribution in [0.2, 0.25) is 0 Å². The first-order chi connectivity index (χ1) is 17.5. The largest absolute Gasteiger partial charge is 0.484 e. The molecule has 202 valence electrons. The molecule has 1 fully saturated rings. The molecule has 0 radical (unpaired) electrons. The van der Waals surface area contributed by atoms with Crippen molar-refractivity contribution >= 4 is 33.4 Å². The second-order valence-corrected chi connectivity index (χ2v) is 10.9. The Morgan fingerprint density at radius 3 is 2.62 bits per heavy atom. The van der Waals surface area contributed by atoms with Crippen molar-refractivity contribution in [3.63, 3.8) is 0 Å². The lowest BCUT2D eigenvalue weighted by Crippen LogP contribution is -2.48. The number of carbonyl (C=O) groups is 2. The average molecular weight is 542 g/mol. The molecule has 0 bridgehead atoms. The van der Waals surface area contributed by atoms with Crippen molar-refractivity contribution < 1.29 is 36.3 Å². The van der Waals surface area contributed by atoms with Crippen molar-refractivity contribution in [2.24, 2.45) is 0 Å². The van der Waals surface area contributed by atoms with Gasteiger partial charge in [-0.1, -0.05) is 6.42 Å². The van der Waals surface area contributed by atoms with E-state index in [4.69, 9.17) is 9.47 Å². The maximum atomic E-state index is 13.7. The maximum absolute atomic E-state index is 13.7. The quantitative estimate of drug-likeness (QED) is 0.548. The Balaban J connectivity index is 1.64. The summed E-state index contributed by atoms with van der Waals surface area (Å²) in [7, 11) is -4.38. The summed E-state index contributed by atoms with van der Waals surface area (Å²) in [6.45, 7) is -0.578. The Kier molecular flexibility index (Phi) is 7.85. The fourth-order valence-electron chi connectivity index (χ4n) is 4.40. The van der Waals surface area contributed by atoms with E-state index in [9.17, 15) is 26.8 Å². The molecule has 1 aliphatic carbocycles. The predicted molar refractivity (Wildman–Crippen MR) is 129 cm³/mol. The van der Waals surface area contributed by atoms with E-state index < -0.39 is 33.7 Å². The van der Waals surface area contributed by atoms with E-state index in [1.807, 2.05) is 0 Å². The molecule has 2 heterocycles. The monoisotopic (exact) mass is 541 g/mol. The number of anilines is 2. The van der Waals surface area contributed by atoms with Crippen LogP contribution in [0.5, 0.6) is 5.75 Å². The van der Waals surface area contributed by atoms with E-state index in [1.165, 1.54) is 32.0 Å². The lowest BCUT2D eigenvalue weighted by molar-refractivity contribution is -0.119. The number of sulfonamides is 1. The summed E-state index contributed by atoms with van der Waals surface area (Å²) in [4.78, 5) is 23.4. The van der Waals surface area contributed by atoms with Crippen LogP contribution in [-0.4, -0.2) is 55.5 Å². The molecule has 1 unspecified atom stereocenters. The number of nitrogens with one attached hydrogen (secondary N) is 2. The Morgan fingerprint density at radius 1 is 1.24 bits per heavy atom. The van der Waals surface area contributed by atoms with Crippen molar-refractivity contribution in [3.8, 4) is 5.75 Å². The van der Waals surface area contributed by atoms with Crippen LogP contribution in [0.3, 0.4) is 0 Å². The third kappa shape index (κ3) is 6.12. The van der Waals surface area contributed by atoms with Gasteiger partial charge in [-0.25, -0.2) is 17.9 Å². The third-order valence-corrected chi connectivity index (χ3v) is 8.06. The number of fused-ring (bicyclic) bond motifs is 1. The van der Waals surface area contributed by atoms with Crippen molar-refractivity contribution in [1.29, 1.82) is 0 Å². The molecule has 1 aromatic carbocycles. The van der Waals surface area contributed by atoms with Crippen LogP contribution in [0.15, 0.2) is 29.3 Å². The molecular formula is C23H29F2N5O6S. The Labute approximate surface area is 213 Å². The number of carbonyl (C=O) groups excluding carboxylic acids is 2. The van der Waals surface area contributed by atoms with E-state index in [0.717, 1.165) is 42.6 Å². The number of amides is 2. The summed E-state index contributed by atoms with van der Waals surface area (Å²) >= 11 is 0. The van der Waals surface area contributed by atoms with Gasteiger partial charge in [0.1, 0.15) is 22.9 Å². The minimum atomic E-state index is -4.38. The van der Waals surface area contributed by atoms with Gasteiger partial charge in [0.2, 0.25) is 5.91 Å². The van der Waals surface area contributed by atoms with Gasteiger partial charge >= 0.3 is 12.6 Å². The normalized spacial score (nSPS) is 18.2. The zero-order chi connectivity index (χ0) is 26.7. The summed E-state index contributed by atoms with van der Waals surface area (Å²) in [5.74, 6) is -0.149. The highest BCUT2D eigenvalue weighted by molar-refractivity contribution is 7.92. The number of alkyl halides is 2. The molecular weight excluding hydrogens is 512 g/mol. The molecule has 1 saturated carbocycles. The Bertz CT molecular complexity index is 1260. The van der Waals surface area contributed by atoms with Crippen molar-refractivity contribution in [3.05, 3.63) is 30.1 Å². The van der Waals surface area contributed by atoms with Gasteiger partial charge in [0, 0.05) is 12.6 Å². The number of halogens is 2. The number of hydrogen-bond acceptors (Lipinski definition) is 7. The van der Waals surface area contributed by atoms with Gasteiger partial charge in [0.05, 0.1) is 30.7 Å². The highest BCUT2D eigenvalue weighted by atomic mass is 32.2. The first kappa shape index (κ1) is 26.6. The first-order valence-electron chi connectivity index (χ1n) is 11.9. The lowest BCUT2D eigenvalue weighted by atomic mass is 9.98. The molecule has 1 atom stereocenters. The van der Waals surface area contributed by atoms with Crippen LogP contribution in [0.4, 0.5) is 25.0 Å². The smallest absolute Gasteiger partial charge is 0.411 e. The zero-order valence-electron chi connectivity index (χ0n) is 20.4. The van der Waals surface area contributed by atoms with Gasteiger partial charge < -0.3 is 14.8 Å². The molecule has 2 amide bonds. The molecule has 1 aliphatic heterocycles. The van der Waals surface area contributed by atoms with E-state index in [0.29, 0.717) is 0 Å². The minimum Gasteiger partial charge on any atom is -0.484 e. The molecule has 2 aliphatic rings. The van der Waals surface area contributed by atoms with Gasteiger partial charge in [-0.15, -0.1) is 0 Å². The topological polar surface area (TPSA) is 132 Å². The van der Waals surface area contributed by atoms with Crippen molar-refractivity contribution in [2.75, 3.05) is 22.7 Å². The summed E-state index contributed by atoms with van der Waals surface area (Å²) in [5, 5.41) is 8.83. The number of benzene rings is 1. The Hall–Kier alpha value is -3.42. The van der Waals surface area contributed by atoms with Gasteiger partial charge in [0.25, 0.3) is 10.0 Å². The zero-order valence-corrected chi connectivity index (χ0v) is 21.3. The van der Waals surface area contributed by atoms with Gasteiger partial charge in [-0.2, -0.15) is 13.9 Å². The van der Waals surface area contributed by atoms with Gasteiger partial charge in [0.15, 0.2) is 0 Å². The summed E-state index contributed by atoms with van der Waals surface area (Å²) in [5.41, 5.74) is 0.263. The minimum absolute atomic E-state index is 0.0176. The standard InChI is InChI=1S/C23H29F2N5O6S/c1-14-21(13-29(28-14)22(24)25)37(33,34)30-12-18(11-26-15(2)31)35-20-9-8-16(10-19(20)30)27-23(32)36-17-6-4-3-5-7-17/h8-10,13,17-18,22H,3-7,11-12H2,1-2H3,(H,26,31)(H,27,32). The van der Waals surface area contributed by atoms with E-state index in [2.05, 4.69) is 15.7 Å². The van der Waals surface area contributed by atoms with Crippen LogP contribution in [-0.2, 0) is 19.6 Å². The second kappa shape index (κ2) is 10.9. The molecule has 14 heteroatoms. The number of rotatable bonds is 7. The summed E-state index contributed by atoms with van der Waals surface area (Å²) in [6, 6.07) is 4.44. The van der Waals surface area contributed by atoms with Crippen molar-refractivity contribution in [2.45, 2.75) is 69.6 Å². The molecule has 2 aromatic rings. The SMILES string of the molecule is CC(=O)NCC1CN(S(=O)(=O)c2cn(C(F)F)nc2C)c2cc(NC(=O)OC3CCCCC3)ccc2O1. The predicted octanol–water partition coefficient (Wildman–Crippen LogP) is 3.56. The maximum Gasteiger partial charge on any atom is 0.411 e. The highest BCUT2D eigenvalue weighted by Crippen LogP contribution is 2.39. The number of aryl methyl sites for hydroxylation is 1. The van der Waals surface area contributed by atoms with Crippen LogP contribution in [0.25, 0.3) is 0 Å². The van der Waals surface area contributed by atoms with Gasteiger partial charge in [-0.05, 0) is 50.8 Å². The number of nitrogens with zero attached hydrogens (tertiary/aromatic N) is 3. The molecule has 0 saturated heterocycles. The second-order valence-electron chi connectivity index (χ2n) is 9.02. The fraction of sp³-hybridized carbons (Fsp3) is 0.522. The van der Waals surface area contributed by atoms with Crippen LogP contribution in [0, 0.1) is 6.92 Å².